The summed E-state index contributed by atoms with van der Waals surface area (Å²) < 4.78 is 5.46. The van der Waals surface area contributed by atoms with E-state index in [4.69, 9.17) is 10.5 Å². The number of hydrogen-bond donors (Lipinski definition) is 2. The third kappa shape index (κ3) is 3.26. The van der Waals surface area contributed by atoms with E-state index < -0.39 is 0 Å². The minimum Gasteiger partial charge on any atom is -0.377 e. The smallest absolute Gasteiger partial charge is 0.245 e. The maximum Gasteiger partial charge on any atom is 0.245 e. The summed E-state index contributed by atoms with van der Waals surface area (Å²) in [4.78, 5) is 18.6. The molecule has 1 amide bonds. The second-order valence-corrected chi connectivity index (χ2v) is 5.12. The Bertz CT molecular complexity index is 464. The number of pyridine rings is 1. The van der Waals surface area contributed by atoms with Crippen LogP contribution in [-0.4, -0.2) is 42.7 Å². The number of nitrogens with one attached hydrogen (secondary N) is 1. The summed E-state index contributed by atoms with van der Waals surface area (Å²) in [6.45, 7) is 5.89. The Morgan fingerprint density at radius 1 is 1.65 bits per heavy atom. The van der Waals surface area contributed by atoms with Gasteiger partial charge in [-0.05, 0) is 26.0 Å². The van der Waals surface area contributed by atoms with Gasteiger partial charge in [0, 0.05) is 25.3 Å². The SMILES string of the molecule is CC(C)NC(=O)C1COCCN1c1cccnc1CN. The monoisotopic (exact) mass is 278 g/mol. The molecule has 1 aliphatic heterocycles. The van der Waals surface area contributed by atoms with Crippen molar-refractivity contribution in [1.82, 2.24) is 10.3 Å². The van der Waals surface area contributed by atoms with Gasteiger partial charge in [0.1, 0.15) is 6.04 Å². The molecule has 0 bridgehead atoms. The number of nitrogens with zero attached hydrogens (tertiary/aromatic N) is 2. The van der Waals surface area contributed by atoms with E-state index in [0.717, 1.165) is 11.4 Å². The highest BCUT2D eigenvalue weighted by atomic mass is 16.5. The van der Waals surface area contributed by atoms with E-state index in [-0.39, 0.29) is 18.0 Å². The number of hydrogen-bond acceptors (Lipinski definition) is 5. The molecule has 1 unspecified atom stereocenters. The van der Waals surface area contributed by atoms with Crippen LogP contribution in [-0.2, 0) is 16.1 Å². The van der Waals surface area contributed by atoms with Crippen LogP contribution in [0.2, 0.25) is 0 Å². The Labute approximate surface area is 119 Å². The Morgan fingerprint density at radius 2 is 2.45 bits per heavy atom. The van der Waals surface area contributed by atoms with Gasteiger partial charge in [-0.15, -0.1) is 0 Å². The first-order valence-electron chi connectivity index (χ1n) is 6.92. The first-order chi connectivity index (χ1) is 9.63. The van der Waals surface area contributed by atoms with Gasteiger partial charge in [-0.25, -0.2) is 0 Å². The number of anilines is 1. The van der Waals surface area contributed by atoms with Crippen molar-refractivity contribution in [3.05, 3.63) is 24.0 Å². The quantitative estimate of drug-likeness (QED) is 0.826. The summed E-state index contributed by atoms with van der Waals surface area (Å²) in [6, 6.07) is 3.59. The van der Waals surface area contributed by atoms with E-state index >= 15 is 0 Å². The van der Waals surface area contributed by atoms with Crippen LogP contribution in [0, 0.1) is 0 Å². The highest BCUT2D eigenvalue weighted by Gasteiger charge is 2.31. The molecule has 2 heterocycles. The van der Waals surface area contributed by atoms with Crippen molar-refractivity contribution in [3.8, 4) is 0 Å². The Morgan fingerprint density at radius 3 is 3.15 bits per heavy atom. The minimum atomic E-state index is -0.333. The number of nitrogens with two attached hydrogens (primary N) is 1. The van der Waals surface area contributed by atoms with Crippen molar-refractivity contribution < 1.29 is 9.53 Å². The molecular formula is C14H22N4O2. The van der Waals surface area contributed by atoms with Crippen LogP contribution >= 0.6 is 0 Å². The van der Waals surface area contributed by atoms with E-state index in [9.17, 15) is 4.79 Å². The summed E-state index contributed by atoms with van der Waals surface area (Å²) in [5.41, 5.74) is 7.46. The van der Waals surface area contributed by atoms with Crippen molar-refractivity contribution in [2.24, 2.45) is 5.73 Å². The number of aromatic nitrogens is 1. The predicted molar refractivity (Wildman–Crippen MR) is 77.4 cm³/mol. The zero-order chi connectivity index (χ0) is 14.5. The lowest BCUT2D eigenvalue weighted by molar-refractivity contribution is -0.125. The average molecular weight is 278 g/mol. The number of amides is 1. The summed E-state index contributed by atoms with van der Waals surface area (Å²) >= 11 is 0. The Balaban J connectivity index is 2.24. The highest BCUT2D eigenvalue weighted by Crippen LogP contribution is 2.22. The first-order valence-corrected chi connectivity index (χ1v) is 6.92. The second-order valence-electron chi connectivity index (χ2n) is 5.12. The molecule has 0 radical (unpaired) electrons. The third-order valence-corrected chi connectivity index (χ3v) is 3.23. The molecule has 1 fully saturated rings. The van der Waals surface area contributed by atoms with E-state index in [1.54, 1.807) is 6.20 Å². The molecule has 2 rings (SSSR count). The van der Waals surface area contributed by atoms with Gasteiger partial charge in [0.25, 0.3) is 0 Å². The summed E-state index contributed by atoms with van der Waals surface area (Å²) in [6.07, 6.45) is 1.72. The predicted octanol–water partition coefficient (Wildman–Crippen LogP) is 0.270. The summed E-state index contributed by atoms with van der Waals surface area (Å²) in [5, 5.41) is 2.94. The fraction of sp³-hybridized carbons (Fsp3) is 0.571. The van der Waals surface area contributed by atoms with Crippen LogP contribution in [0.3, 0.4) is 0 Å². The molecule has 6 nitrogen and oxygen atoms in total. The van der Waals surface area contributed by atoms with E-state index in [1.807, 2.05) is 30.9 Å². The molecule has 0 aliphatic carbocycles. The van der Waals surface area contributed by atoms with Crippen LogP contribution in [0.25, 0.3) is 0 Å². The molecule has 20 heavy (non-hydrogen) atoms. The van der Waals surface area contributed by atoms with E-state index in [1.165, 1.54) is 0 Å². The fourth-order valence-electron chi connectivity index (χ4n) is 2.34. The van der Waals surface area contributed by atoms with E-state index in [2.05, 4.69) is 10.3 Å². The molecule has 1 saturated heterocycles. The highest BCUT2D eigenvalue weighted by molar-refractivity contribution is 5.86. The molecular weight excluding hydrogens is 256 g/mol. The first kappa shape index (κ1) is 14.7. The maximum atomic E-state index is 12.3. The fourth-order valence-corrected chi connectivity index (χ4v) is 2.34. The van der Waals surface area contributed by atoms with Gasteiger partial charge in [0.15, 0.2) is 0 Å². The molecule has 3 N–H and O–H groups in total. The normalized spacial score (nSPS) is 19.2. The van der Waals surface area contributed by atoms with Crippen LogP contribution in [0.4, 0.5) is 5.69 Å². The molecule has 1 atom stereocenters. The summed E-state index contributed by atoms with van der Waals surface area (Å²) in [5.74, 6) is -0.0217. The number of carbonyl (C=O) groups is 1. The molecule has 6 heteroatoms. The number of rotatable bonds is 4. The lowest BCUT2D eigenvalue weighted by atomic mass is 10.1. The number of ether oxygens (including phenoxy) is 1. The molecule has 0 spiro atoms. The summed E-state index contributed by atoms with van der Waals surface area (Å²) in [7, 11) is 0. The molecule has 0 saturated carbocycles. The molecule has 110 valence electrons. The van der Waals surface area contributed by atoms with Gasteiger partial charge in [-0.1, -0.05) is 0 Å². The second kappa shape index (κ2) is 6.67. The van der Waals surface area contributed by atoms with Gasteiger partial charge in [-0.3, -0.25) is 9.78 Å². The van der Waals surface area contributed by atoms with Gasteiger partial charge >= 0.3 is 0 Å². The number of carbonyl (C=O) groups excluding carboxylic acids is 1. The maximum absolute atomic E-state index is 12.3. The van der Waals surface area contributed by atoms with Gasteiger partial charge < -0.3 is 20.7 Å². The lowest BCUT2D eigenvalue weighted by Crippen LogP contribution is -2.55. The topological polar surface area (TPSA) is 80.5 Å². The van der Waals surface area contributed by atoms with Crippen LogP contribution in [0.5, 0.6) is 0 Å². The Hall–Kier alpha value is -1.66. The lowest BCUT2D eigenvalue weighted by Gasteiger charge is -2.37. The van der Waals surface area contributed by atoms with Gasteiger partial charge in [0.2, 0.25) is 5.91 Å². The zero-order valence-electron chi connectivity index (χ0n) is 12.0. The third-order valence-electron chi connectivity index (χ3n) is 3.23. The van der Waals surface area contributed by atoms with E-state index in [0.29, 0.717) is 26.3 Å². The van der Waals surface area contributed by atoms with Crippen molar-refractivity contribution in [1.29, 1.82) is 0 Å². The van der Waals surface area contributed by atoms with Crippen molar-refractivity contribution in [2.75, 3.05) is 24.7 Å². The minimum absolute atomic E-state index is 0.0217. The molecule has 1 aromatic rings. The average Bonchev–Trinajstić information content (AvgIpc) is 2.46. The zero-order valence-corrected chi connectivity index (χ0v) is 12.0. The van der Waals surface area contributed by atoms with Crippen LogP contribution in [0.1, 0.15) is 19.5 Å². The number of morpholine rings is 1. The van der Waals surface area contributed by atoms with Crippen LogP contribution < -0.4 is 16.0 Å². The Kier molecular flexibility index (Phi) is 4.92. The van der Waals surface area contributed by atoms with Crippen molar-refractivity contribution in [3.63, 3.8) is 0 Å². The standard InChI is InChI=1S/C14H22N4O2/c1-10(2)17-14(19)13-9-20-7-6-18(13)12-4-3-5-16-11(12)8-15/h3-5,10,13H,6-9,15H2,1-2H3,(H,17,19). The molecule has 1 aliphatic rings. The van der Waals surface area contributed by atoms with Crippen molar-refractivity contribution in [2.45, 2.75) is 32.5 Å². The largest absolute Gasteiger partial charge is 0.377 e. The van der Waals surface area contributed by atoms with Crippen LogP contribution in [0.15, 0.2) is 18.3 Å². The van der Waals surface area contributed by atoms with Gasteiger partial charge in [-0.2, -0.15) is 0 Å². The van der Waals surface area contributed by atoms with Crippen molar-refractivity contribution >= 4 is 11.6 Å². The molecule has 1 aromatic heterocycles. The van der Waals surface area contributed by atoms with Gasteiger partial charge in [0.05, 0.1) is 24.6 Å². The molecule has 0 aromatic carbocycles.